The van der Waals surface area contributed by atoms with Crippen LogP contribution in [0.4, 0.5) is 26.3 Å². The molecule has 0 unspecified atom stereocenters. The molecule has 0 aliphatic carbocycles. The number of amides is 1. The van der Waals surface area contributed by atoms with Crippen molar-refractivity contribution in [2.24, 2.45) is 0 Å². The van der Waals surface area contributed by atoms with E-state index in [2.05, 4.69) is 10.1 Å². The van der Waals surface area contributed by atoms with E-state index in [0.29, 0.717) is 22.8 Å². The number of carbonyl (C=O) groups is 1. The van der Waals surface area contributed by atoms with E-state index in [-0.39, 0.29) is 60.8 Å². The minimum atomic E-state index is -4.78. The Morgan fingerprint density at radius 1 is 1.02 bits per heavy atom. The van der Waals surface area contributed by atoms with Crippen LogP contribution in [-0.4, -0.2) is 63.6 Å². The number of alkyl halides is 3. The van der Waals surface area contributed by atoms with Crippen LogP contribution in [0.15, 0.2) is 42.6 Å². The fraction of sp³-hybridized carbons (Fsp3) is 0.321. The van der Waals surface area contributed by atoms with Gasteiger partial charge in [-0.15, -0.1) is 0 Å². The van der Waals surface area contributed by atoms with Crippen LogP contribution >= 0.6 is 0 Å². The Kier molecular flexibility index (Phi) is 7.75. The molecule has 1 aliphatic rings. The number of rotatable bonds is 6. The second-order valence-corrected chi connectivity index (χ2v) is 9.78. The van der Waals surface area contributed by atoms with Crippen molar-refractivity contribution < 1.29 is 35.9 Å². The smallest absolute Gasteiger partial charge is 0.380 e. The van der Waals surface area contributed by atoms with Crippen LogP contribution in [-0.2, 0) is 24.1 Å². The van der Waals surface area contributed by atoms with Gasteiger partial charge in [-0.2, -0.15) is 18.3 Å². The normalized spacial score (nSPS) is 14.7. The van der Waals surface area contributed by atoms with Gasteiger partial charge in [0.15, 0.2) is 23.0 Å². The second kappa shape index (κ2) is 11.1. The Morgan fingerprint density at radius 3 is 2.34 bits per heavy atom. The molecule has 0 radical (unpaired) electrons. The zero-order valence-corrected chi connectivity index (χ0v) is 22.1. The highest BCUT2D eigenvalue weighted by Crippen LogP contribution is 2.36. The van der Waals surface area contributed by atoms with Crippen LogP contribution in [0.2, 0.25) is 0 Å². The largest absolute Gasteiger partial charge is 0.433 e. The van der Waals surface area contributed by atoms with Crippen LogP contribution in [0.3, 0.4) is 0 Å². The van der Waals surface area contributed by atoms with E-state index >= 15 is 0 Å². The molecule has 1 amide bonds. The average Bonchev–Trinajstić information content (AvgIpc) is 3.34. The molecule has 5 rings (SSSR count). The number of nitrogens with zero attached hydrogens (tertiary/aromatic N) is 5. The van der Waals surface area contributed by atoms with Crippen LogP contribution in [0, 0.1) is 24.4 Å². The van der Waals surface area contributed by atoms with Crippen LogP contribution < -0.4 is 0 Å². The molecule has 1 aliphatic heterocycles. The lowest BCUT2D eigenvalue weighted by Crippen LogP contribution is -2.48. The van der Waals surface area contributed by atoms with Crippen molar-refractivity contribution in [3.8, 4) is 11.3 Å². The summed E-state index contributed by atoms with van der Waals surface area (Å²) in [5, 5.41) is 3.88. The quantitative estimate of drug-likeness (QED) is 0.232. The van der Waals surface area contributed by atoms with Gasteiger partial charge in [-0.25, -0.2) is 22.7 Å². The van der Waals surface area contributed by atoms with Crippen molar-refractivity contribution in [3.05, 3.63) is 88.0 Å². The van der Waals surface area contributed by atoms with E-state index in [1.807, 2.05) is 0 Å². The van der Waals surface area contributed by atoms with E-state index in [9.17, 15) is 31.1 Å². The molecule has 13 heteroatoms. The van der Waals surface area contributed by atoms with Gasteiger partial charge < -0.3 is 9.64 Å². The zero-order valence-electron chi connectivity index (χ0n) is 22.1. The molecule has 2 aromatic carbocycles. The predicted molar refractivity (Wildman–Crippen MR) is 136 cm³/mol. The van der Waals surface area contributed by atoms with Gasteiger partial charge in [0.2, 0.25) is 0 Å². The van der Waals surface area contributed by atoms with Crippen molar-refractivity contribution in [3.63, 3.8) is 0 Å². The number of hydrogen-bond donors (Lipinski definition) is 0. The van der Waals surface area contributed by atoms with Crippen molar-refractivity contribution in [2.75, 3.05) is 33.3 Å². The molecular formula is C28H25F6N5O2. The SMILES string of the molecule is COCc1ccc(-c2nc3c(C(=O)N4CCN(Cc5cc(F)cc(F)c5F)CC4)cnn3c(C(F)(F)F)c2C)cc1. The molecule has 4 aromatic rings. The van der Waals surface area contributed by atoms with E-state index in [4.69, 9.17) is 4.74 Å². The number of aromatic nitrogens is 3. The van der Waals surface area contributed by atoms with Gasteiger partial charge in [0.25, 0.3) is 5.91 Å². The first-order chi connectivity index (χ1) is 19.5. The van der Waals surface area contributed by atoms with Crippen molar-refractivity contribution in [2.45, 2.75) is 26.3 Å². The van der Waals surface area contributed by atoms with E-state index in [1.54, 1.807) is 29.2 Å². The van der Waals surface area contributed by atoms with Gasteiger partial charge in [-0.3, -0.25) is 9.69 Å². The maximum atomic E-state index is 14.2. The molecule has 1 saturated heterocycles. The fourth-order valence-electron chi connectivity index (χ4n) is 5.01. The monoisotopic (exact) mass is 577 g/mol. The van der Waals surface area contributed by atoms with Gasteiger partial charge in [-0.1, -0.05) is 24.3 Å². The topological polar surface area (TPSA) is 63.0 Å². The van der Waals surface area contributed by atoms with Crippen molar-refractivity contribution >= 4 is 11.6 Å². The highest BCUT2D eigenvalue weighted by Gasteiger charge is 2.39. The summed E-state index contributed by atoms with van der Waals surface area (Å²) in [6, 6.07) is 8.12. The Bertz CT molecular complexity index is 1590. The maximum absolute atomic E-state index is 14.2. The molecule has 2 aromatic heterocycles. The summed E-state index contributed by atoms with van der Waals surface area (Å²) in [7, 11) is 1.53. The van der Waals surface area contributed by atoms with E-state index in [0.717, 1.165) is 17.8 Å². The lowest BCUT2D eigenvalue weighted by Gasteiger charge is -2.34. The summed E-state index contributed by atoms with van der Waals surface area (Å²) >= 11 is 0. The minimum Gasteiger partial charge on any atom is -0.380 e. The van der Waals surface area contributed by atoms with Gasteiger partial charge in [0, 0.05) is 62.6 Å². The van der Waals surface area contributed by atoms with Crippen molar-refractivity contribution in [1.82, 2.24) is 24.4 Å². The fourth-order valence-corrected chi connectivity index (χ4v) is 5.01. The number of benzene rings is 2. The first kappa shape index (κ1) is 28.6. The van der Waals surface area contributed by atoms with Crippen LogP contribution in [0.1, 0.15) is 32.7 Å². The molecule has 7 nitrogen and oxygen atoms in total. The second-order valence-electron chi connectivity index (χ2n) is 9.78. The number of fused-ring (bicyclic) bond motifs is 1. The summed E-state index contributed by atoms with van der Waals surface area (Å²) in [5.41, 5.74) is -0.319. The van der Waals surface area contributed by atoms with Crippen LogP contribution in [0.25, 0.3) is 16.9 Å². The summed E-state index contributed by atoms with van der Waals surface area (Å²) in [6.45, 7) is 2.39. The van der Waals surface area contributed by atoms with E-state index < -0.39 is 35.2 Å². The third-order valence-electron chi connectivity index (χ3n) is 7.04. The molecule has 0 atom stereocenters. The van der Waals surface area contributed by atoms with Crippen molar-refractivity contribution in [1.29, 1.82) is 0 Å². The van der Waals surface area contributed by atoms with Gasteiger partial charge in [0.05, 0.1) is 18.5 Å². The molecule has 0 N–H and O–H groups in total. The lowest BCUT2D eigenvalue weighted by atomic mass is 10.0. The lowest BCUT2D eigenvalue weighted by molar-refractivity contribution is -0.143. The Hall–Kier alpha value is -3.97. The minimum absolute atomic E-state index is 0.0671. The number of piperazine rings is 1. The molecular weight excluding hydrogens is 552 g/mol. The number of ether oxygens (including phenoxy) is 1. The molecule has 1 fully saturated rings. The molecule has 0 saturated carbocycles. The summed E-state index contributed by atoms with van der Waals surface area (Å²) in [5.74, 6) is -3.88. The third kappa shape index (κ3) is 5.64. The highest BCUT2D eigenvalue weighted by molar-refractivity contribution is 6.00. The van der Waals surface area contributed by atoms with E-state index in [1.165, 1.54) is 18.9 Å². The number of carbonyl (C=O) groups excluding carboxylic acids is 1. The molecule has 0 spiro atoms. The molecule has 216 valence electrons. The number of halogens is 6. The Balaban J connectivity index is 1.43. The Morgan fingerprint density at radius 2 is 1.71 bits per heavy atom. The van der Waals surface area contributed by atoms with Gasteiger partial charge >= 0.3 is 6.18 Å². The molecule has 0 bridgehead atoms. The summed E-state index contributed by atoms with van der Waals surface area (Å²) < 4.78 is 89.6. The summed E-state index contributed by atoms with van der Waals surface area (Å²) in [6.07, 6.45) is -3.71. The molecule has 41 heavy (non-hydrogen) atoms. The number of methoxy groups -OCH3 is 1. The number of hydrogen-bond acceptors (Lipinski definition) is 5. The first-order valence-corrected chi connectivity index (χ1v) is 12.7. The van der Waals surface area contributed by atoms with Crippen LogP contribution in [0.5, 0.6) is 0 Å². The molecule has 3 heterocycles. The van der Waals surface area contributed by atoms with Gasteiger partial charge in [0.1, 0.15) is 11.4 Å². The first-order valence-electron chi connectivity index (χ1n) is 12.7. The van der Waals surface area contributed by atoms with Gasteiger partial charge in [-0.05, 0) is 18.6 Å². The average molecular weight is 578 g/mol. The Labute approximate surface area is 231 Å². The highest BCUT2D eigenvalue weighted by atomic mass is 19.4. The third-order valence-corrected chi connectivity index (χ3v) is 7.04. The summed E-state index contributed by atoms with van der Waals surface area (Å²) in [4.78, 5) is 21.1. The standard InChI is InChI=1S/C28H25F6N5O2/c1-16-24(18-5-3-17(4-6-18)15-41-2)36-26-21(13-35-39(26)25(16)28(32,33)34)27(40)38-9-7-37(8-10-38)14-19-11-20(29)12-22(30)23(19)31/h3-6,11-13H,7-10,14-15H2,1-2H3. The zero-order chi connectivity index (χ0) is 29.5. The predicted octanol–water partition coefficient (Wildman–Crippen LogP) is 5.25. The maximum Gasteiger partial charge on any atom is 0.433 e.